The molecule has 20 heavy (non-hydrogen) atoms. The molecule has 0 aliphatic carbocycles. The van der Waals surface area contributed by atoms with Crippen molar-refractivity contribution in [3.63, 3.8) is 0 Å². The van der Waals surface area contributed by atoms with Crippen LogP contribution in [0.25, 0.3) is 0 Å². The first kappa shape index (κ1) is 15.4. The number of hydrogen-bond donors (Lipinski definition) is 2. The Morgan fingerprint density at radius 2 is 2.15 bits per heavy atom. The van der Waals surface area contributed by atoms with Gasteiger partial charge in [0.25, 0.3) is 10.0 Å². The molecule has 0 aliphatic heterocycles. The third kappa shape index (κ3) is 3.98. The van der Waals surface area contributed by atoms with Crippen molar-refractivity contribution in [2.45, 2.75) is 31.0 Å². The van der Waals surface area contributed by atoms with E-state index >= 15 is 0 Å². The van der Waals surface area contributed by atoms with E-state index < -0.39 is 10.0 Å². The molecule has 2 rings (SSSR count). The van der Waals surface area contributed by atoms with E-state index in [2.05, 4.69) is 27.2 Å². The summed E-state index contributed by atoms with van der Waals surface area (Å²) in [6.07, 6.45) is 1.05. The predicted octanol–water partition coefficient (Wildman–Crippen LogP) is 2.21. The van der Waals surface area contributed by atoms with Gasteiger partial charge in [0.05, 0.1) is 0 Å². The number of thiophene rings is 1. The van der Waals surface area contributed by atoms with E-state index in [4.69, 9.17) is 0 Å². The second kappa shape index (κ2) is 6.61. The van der Waals surface area contributed by atoms with Gasteiger partial charge in [-0.3, -0.25) is 4.72 Å². The molecule has 0 spiro atoms. The quantitative estimate of drug-likeness (QED) is 0.760. The third-order valence-electron chi connectivity index (χ3n) is 2.40. The molecular weight excluding hydrogens is 316 g/mol. The zero-order valence-electron chi connectivity index (χ0n) is 11.2. The molecule has 9 heteroatoms. The summed E-state index contributed by atoms with van der Waals surface area (Å²) in [7, 11) is -3.56. The zero-order chi connectivity index (χ0) is 14.6. The second-order valence-corrected chi connectivity index (χ2v) is 8.18. The lowest BCUT2D eigenvalue weighted by atomic mass is 10.3. The summed E-state index contributed by atoms with van der Waals surface area (Å²) in [5, 5.41) is 13.7. The lowest BCUT2D eigenvalue weighted by molar-refractivity contribution is 0.603. The minimum atomic E-state index is -3.56. The van der Waals surface area contributed by atoms with Crippen LogP contribution in [0.3, 0.4) is 0 Å². The van der Waals surface area contributed by atoms with Gasteiger partial charge in [-0.25, -0.2) is 8.42 Å². The SMILES string of the molecule is CCCNCc1csc(S(=O)(=O)Nc2nnc(C)s2)c1. The van der Waals surface area contributed by atoms with Crippen LogP contribution < -0.4 is 10.0 Å². The molecule has 0 atom stereocenters. The van der Waals surface area contributed by atoms with E-state index in [1.54, 1.807) is 13.0 Å². The average molecular weight is 332 g/mol. The highest BCUT2D eigenvalue weighted by molar-refractivity contribution is 7.94. The number of aryl methyl sites for hydroxylation is 1. The molecule has 0 saturated carbocycles. The van der Waals surface area contributed by atoms with Crippen molar-refractivity contribution in [1.29, 1.82) is 0 Å². The molecule has 0 aromatic carbocycles. The monoisotopic (exact) mass is 332 g/mol. The molecular formula is C11H16N4O2S3. The average Bonchev–Trinajstić information content (AvgIpc) is 2.99. The second-order valence-electron chi connectivity index (χ2n) is 4.18. The fraction of sp³-hybridized carbons (Fsp3) is 0.455. The molecule has 0 fully saturated rings. The zero-order valence-corrected chi connectivity index (χ0v) is 13.7. The van der Waals surface area contributed by atoms with Crippen LogP contribution in [0.4, 0.5) is 5.13 Å². The molecule has 2 aromatic heterocycles. The first-order valence-corrected chi connectivity index (χ1v) is 9.30. The number of aromatic nitrogens is 2. The molecule has 2 heterocycles. The van der Waals surface area contributed by atoms with Crippen LogP contribution in [0.1, 0.15) is 23.9 Å². The van der Waals surface area contributed by atoms with Gasteiger partial charge in [0.1, 0.15) is 9.22 Å². The fourth-order valence-electron chi connectivity index (χ4n) is 1.50. The summed E-state index contributed by atoms with van der Waals surface area (Å²) in [5.41, 5.74) is 0.970. The molecule has 110 valence electrons. The highest BCUT2D eigenvalue weighted by atomic mass is 32.2. The predicted molar refractivity (Wildman–Crippen MR) is 81.8 cm³/mol. The summed E-state index contributed by atoms with van der Waals surface area (Å²) in [6, 6.07) is 1.68. The summed E-state index contributed by atoms with van der Waals surface area (Å²) in [6.45, 7) is 5.46. The van der Waals surface area contributed by atoms with Crippen molar-refractivity contribution < 1.29 is 8.42 Å². The van der Waals surface area contributed by atoms with Crippen molar-refractivity contribution >= 4 is 37.8 Å². The molecule has 0 amide bonds. The van der Waals surface area contributed by atoms with Gasteiger partial charge in [-0.15, -0.1) is 21.5 Å². The maximum atomic E-state index is 12.2. The number of nitrogens with one attached hydrogen (secondary N) is 2. The third-order valence-corrected chi connectivity index (χ3v) is 6.11. The molecule has 6 nitrogen and oxygen atoms in total. The van der Waals surface area contributed by atoms with Crippen molar-refractivity contribution in [2.24, 2.45) is 0 Å². The van der Waals surface area contributed by atoms with E-state index in [0.29, 0.717) is 15.9 Å². The first-order valence-electron chi connectivity index (χ1n) is 6.12. The maximum Gasteiger partial charge on any atom is 0.273 e. The van der Waals surface area contributed by atoms with Gasteiger partial charge in [-0.05, 0) is 36.9 Å². The summed E-state index contributed by atoms with van der Waals surface area (Å²) >= 11 is 2.42. The van der Waals surface area contributed by atoms with Crippen molar-refractivity contribution in [2.75, 3.05) is 11.3 Å². The van der Waals surface area contributed by atoms with Crippen LogP contribution in [0.15, 0.2) is 15.7 Å². The number of hydrogen-bond acceptors (Lipinski definition) is 7. The highest BCUT2D eigenvalue weighted by Gasteiger charge is 2.18. The number of rotatable bonds is 7. The largest absolute Gasteiger partial charge is 0.313 e. The van der Waals surface area contributed by atoms with Gasteiger partial charge in [-0.2, -0.15) is 0 Å². The van der Waals surface area contributed by atoms with Gasteiger partial charge in [0.15, 0.2) is 0 Å². The smallest absolute Gasteiger partial charge is 0.273 e. The summed E-state index contributed by atoms with van der Waals surface area (Å²) in [5.74, 6) is 0. The van der Waals surface area contributed by atoms with E-state index in [1.807, 2.05) is 5.38 Å². The van der Waals surface area contributed by atoms with Crippen molar-refractivity contribution in [3.8, 4) is 0 Å². The summed E-state index contributed by atoms with van der Waals surface area (Å²) < 4.78 is 27.1. The standard InChI is InChI=1S/C11H16N4O2S3/c1-3-4-12-6-9-5-10(18-7-9)20(16,17)15-11-14-13-8(2)19-11/h5,7,12H,3-4,6H2,1-2H3,(H,14,15). The van der Waals surface area contributed by atoms with Crippen LogP contribution in [0.2, 0.25) is 0 Å². The van der Waals surface area contributed by atoms with Crippen molar-refractivity contribution in [1.82, 2.24) is 15.5 Å². The van der Waals surface area contributed by atoms with Crippen molar-refractivity contribution in [3.05, 3.63) is 22.0 Å². The molecule has 0 unspecified atom stereocenters. The number of anilines is 1. The normalized spacial score (nSPS) is 11.7. The first-order chi connectivity index (χ1) is 9.51. The van der Waals surface area contributed by atoms with E-state index in [1.165, 1.54) is 22.7 Å². The molecule has 0 aliphatic rings. The van der Waals surface area contributed by atoms with Crippen LogP contribution in [0.5, 0.6) is 0 Å². The fourth-order valence-corrected chi connectivity index (χ4v) is 4.53. The van der Waals surface area contributed by atoms with Crippen LogP contribution in [0, 0.1) is 6.92 Å². The van der Waals surface area contributed by atoms with Crippen LogP contribution in [-0.2, 0) is 16.6 Å². The Bertz CT molecular complexity index is 663. The Kier molecular flexibility index (Phi) is 5.08. The minimum Gasteiger partial charge on any atom is -0.313 e. The van der Waals surface area contributed by atoms with E-state index in [-0.39, 0.29) is 0 Å². The van der Waals surface area contributed by atoms with Gasteiger partial charge >= 0.3 is 0 Å². The Balaban J connectivity index is 2.06. The molecule has 0 bridgehead atoms. The van der Waals surface area contributed by atoms with E-state index in [0.717, 1.165) is 23.5 Å². The Labute approximate surface area is 126 Å². The lowest BCUT2D eigenvalue weighted by Gasteiger charge is -2.01. The van der Waals surface area contributed by atoms with Gasteiger partial charge in [-0.1, -0.05) is 18.3 Å². The summed E-state index contributed by atoms with van der Waals surface area (Å²) in [4.78, 5) is 0. The van der Waals surface area contributed by atoms with Gasteiger partial charge in [0.2, 0.25) is 5.13 Å². The molecule has 0 radical (unpaired) electrons. The topological polar surface area (TPSA) is 84.0 Å². The molecule has 2 N–H and O–H groups in total. The number of sulfonamides is 1. The Morgan fingerprint density at radius 1 is 1.35 bits per heavy atom. The van der Waals surface area contributed by atoms with Crippen LogP contribution >= 0.6 is 22.7 Å². The van der Waals surface area contributed by atoms with Crippen LogP contribution in [-0.4, -0.2) is 25.2 Å². The minimum absolute atomic E-state index is 0.290. The van der Waals surface area contributed by atoms with Gasteiger partial charge in [0, 0.05) is 6.54 Å². The Morgan fingerprint density at radius 3 is 2.80 bits per heavy atom. The Hall–Kier alpha value is -1.03. The number of nitrogens with zero attached hydrogens (tertiary/aromatic N) is 2. The maximum absolute atomic E-state index is 12.2. The lowest BCUT2D eigenvalue weighted by Crippen LogP contribution is -2.13. The highest BCUT2D eigenvalue weighted by Crippen LogP contribution is 2.24. The van der Waals surface area contributed by atoms with E-state index in [9.17, 15) is 8.42 Å². The molecule has 0 saturated heterocycles. The van der Waals surface area contributed by atoms with Gasteiger partial charge < -0.3 is 5.32 Å². The molecule has 2 aromatic rings.